The summed E-state index contributed by atoms with van der Waals surface area (Å²) in [6.07, 6.45) is 4.89. The Labute approximate surface area is 106 Å². The first-order valence-electron chi connectivity index (χ1n) is 6.47. The molecule has 0 rings (SSSR count). The van der Waals surface area contributed by atoms with Gasteiger partial charge in [-0.1, -0.05) is 33.6 Å². The molecule has 0 aliphatic rings. The summed E-state index contributed by atoms with van der Waals surface area (Å²) in [5, 5.41) is 5.14. The highest BCUT2D eigenvalue weighted by atomic mass is 32.2. The van der Waals surface area contributed by atoms with Crippen LogP contribution in [-0.2, 0) is 14.8 Å². The second kappa shape index (κ2) is 8.06. The first-order chi connectivity index (χ1) is 7.89. The molecule has 0 atom stereocenters. The van der Waals surface area contributed by atoms with Crippen LogP contribution >= 0.6 is 0 Å². The van der Waals surface area contributed by atoms with Gasteiger partial charge in [0.15, 0.2) is 0 Å². The zero-order valence-corrected chi connectivity index (χ0v) is 12.2. The Morgan fingerprint density at radius 1 is 1.12 bits per heavy atom. The average molecular weight is 265 g/mol. The van der Waals surface area contributed by atoms with Gasteiger partial charge in [-0.15, -0.1) is 0 Å². The van der Waals surface area contributed by atoms with Crippen LogP contribution in [0.4, 0.5) is 0 Å². The number of rotatable bonds is 10. The molecule has 5 heteroatoms. The van der Waals surface area contributed by atoms with Crippen LogP contribution in [0.2, 0.25) is 0 Å². The maximum absolute atomic E-state index is 11.2. The second-order valence-corrected chi connectivity index (χ2v) is 6.39. The molecule has 0 radical (unpaired) electrons. The van der Waals surface area contributed by atoms with Crippen molar-refractivity contribution in [3.05, 3.63) is 0 Å². The number of hydrogen-bond acceptors (Lipinski definition) is 3. The van der Waals surface area contributed by atoms with E-state index in [2.05, 4.69) is 6.92 Å². The van der Waals surface area contributed by atoms with E-state index in [-0.39, 0.29) is 11.2 Å². The van der Waals surface area contributed by atoms with Crippen LogP contribution in [0.1, 0.15) is 52.9 Å². The zero-order valence-electron chi connectivity index (χ0n) is 11.4. The van der Waals surface area contributed by atoms with Gasteiger partial charge < -0.3 is 4.74 Å². The third kappa shape index (κ3) is 7.73. The summed E-state index contributed by atoms with van der Waals surface area (Å²) in [7, 11) is -3.43. The van der Waals surface area contributed by atoms with Gasteiger partial charge in [-0.25, -0.2) is 13.6 Å². The molecule has 0 unspecified atom stereocenters. The predicted octanol–water partition coefficient (Wildman–Crippen LogP) is 2.29. The number of ether oxygens (including phenoxy) is 1. The third-order valence-electron chi connectivity index (χ3n) is 3.31. The van der Waals surface area contributed by atoms with E-state index in [0.29, 0.717) is 13.2 Å². The van der Waals surface area contributed by atoms with Gasteiger partial charge in [0.2, 0.25) is 10.0 Å². The van der Waals surface area contributed by atoms with Crippen LogP contribution in [0.25, 0.3) is 0 Å². The lowest BCUT2D eigenvalue weighted by molar-refractivity contribution is 0.0480. The van der Waals surface area contributed by atoms with E-state index in [1.54, 1.807) is 0 Å². The molecule has 4 nitrogen and oxygen atoms in total. The van der Waals surface area contributed by atoms with E-state index in [0.717, 1.165) is 32.1 Å². The fourth-order valence-electron chi connectivity index (χ4n) is 1.87. The second-order valence-electron chi connectivity index (χ2n) is 4.77. The topological polar surface area (TPSA) is 69.4 Å². The number of primary sulfonamides is 1. The van der Waals surface area contributed by atoms with E-state index < -0.39 is 10.0 Å². The van der Waals surface area contributed by atoms with E-state index >= 15 is 0 Å². The summed E-state index contributed by atoms with van der Waals surface area (Å²) in [5.74, 6) is 0.0147. The molecule has 17 heavy (non-hydrogen) atoms. The predicted molar refractivity (Wildman–Crippen MR) is 71.3 cm³/mol. The van der Waals surface area contributed by atoms with E-state index in [1.807, 2.05) is 13.8 Å². The van der Waals surface area contributed by atoms with Crippen molar-refractivity contribution in [2.45, 2.75) is 52.9 Å². The minimum absolute atomic E-state index is 0.0147. The lowest BCUT2D eigenvalue weighted by Crippen LogP contribution is -2.36. The van der Waals surface area contributed by atoms with E-state index in [4.69, 9.17) is 9.88 Å². The average Bonchev–Trinajstić information content (AvgIpc) is 2.25. The fourth-order valence-corrected chi connectivity index (χ4v) is 3.21. The van der Waals surface area contributed by atoms with Crippen molar-refractivity contribution < 1.29 is 13.2 Å². The lowest BCUT2D eigenvalue weighted by Gasteiger charge is -2.30. The van der Waals surface area contributed by atoms with E-state index in [9.17, 15) is 8.42 Å². The zero-order chi connectivity index (χ0) is 13.4. The van der Waals surface area contributed by atoms with Crippen molar-refractivity contribution >= 4 is 10.0 Å². The van der Waals surface area contributed by atoms with Gasteiger partial charge in [-0.2, -0.15) is 0 Å². The van der Waals surface area contributed by atoms with Crippen molar-refractivity contribution in [3.63, 3.8) is 0 Å². The van der Waals surface area contributed by atoms with Crippen LogP contribution < -0.4 is 5.14 Å². The molecular formula is C12H27NO3S. The normalized spacial score (nSPS) is 12.9. The summed E-state index contributed by atoms with van der Waals surface area (Å²) >= 11 is 0. The molecule has 2 N–H and O–H groups in total. The summed E-state index contributed by atoms with van der Waals surface area (Å²) in [4.78, 5) is 0. The first kappa shape index (κ1) is 16.9. The van der Waals surface area contributed by atoms with Crippen LogP contribution in [0, 0.1) is 5.41 Å². The Balaban J connectivity index is 4.22. The van der Waals surface area contributed by atoms with Gasteiger partial charge in [0.05, 0.1) is 12.4 Å². The Kier molecular flexibility index (Phi) is 8.00. The quantitative estimate of drug-likeness (QED) is 0.616. The molecular weight excluding hydrogens is 238 g/mol. The van der Waals surface area contributed by atoms with E-state index in [1.165, 1.54) is 0 Å². The molecule has 0 fully saturated rings. The summed E-state index contributed by atoms with van der Waals surface area (Å²) < 4.78 is 28.1. The highest BCUT2D eigenvalue weighted by molar-refractivity contribution is 7.89. The number of sulfonamides is 1. The molecule has 0 aromatic carbocycles. The van der Waals surface area contributed by atoms with Crippen LogP contribution in [0.5, 0.6) is 0 Å². The molecule has 0 saturated carbocycles. The highest BCUT2D eigenvalue weighted by Crippen LogP contribution is 2.28. The molecule has 0 spiro atoms. The van der Waals surface area contributed by atoms with Crippen LogP contribution in [0.3, 0.4) is 0 Å². The van der Waals surface area contributed by atoms with Gasteiger partial charge in [0.1, 0.15) is 0 Å². The number of nitrogens with two attached hydrogens (primary N) is 1. The maximum Gasteiger partial charge on any atom is 0.209 e. The van der Waals surface area contributed by atoms with Crippen LogP contribution in [-0.4, -0.2) is 27.4 Å². The molecule has 0 heterocycles. The third-order valence-corrected chi connectivity index (χ3v) is 4.32. The highest BCUT2D eigenvalue weighted by Gasteiger charge is 2.31. The monoisotopic (exact) mass is 265 g/mol. The van der Waals surface area contributed by atoms with Crippen molar-refractivity contribution in [3.8, 4) is 0 Å². The molecule has 0 aliphatic heterocycles. The minimum atomic E-state index is -3.43. The molecule has 104 valence electrons. The Morgan fingerprint density at radius 2 is 1.71 bits per heavy atom. The van der Waals surface area contributed by atoms with Crippen molar-refractivity contribution in [1.29, 1.82) is 0 Å². The van der Waals surface area contributed by atoms with Gasteiger partial charge >= 0.3 is 0 Å². The molecule has 0 aromatic rings. The van der Waals surface area contributed by atoms with Gasteiger partial charge in [-0.3, -0.25) is 0 Å². The van der Waals surface area contributed by atoms with Crippen LogP contribution in [0.15, 0.2) is 0 Å². The molecule has 0 aliphatic carbocycles. The lowest BCUT2D eigenvalue weighted by atomic mass is 9.85. The fraction of sp³-hybridized carbons (Fsp3) is 1.00. The smallest absolute Gasteiger partial charge is 0.209 e. The summed E-state index contributed by atoms with van der Waals surface area (Å²) in [6.45, 7) is 7.32. The Bertz CT molecular complexity index is 284. The minimum Gasteiger partial charge on any atom is -0.381 e. The maximum atomic E-state index is 11.2. The molecule has 0 amide bonds. The first-order valence-corrected chi connectivity index (χ1v) is 8.19. The summed E-state index contributed by atoms with van der Waals surface area (Å²) in [5.41, 5.74) is -0.320. The largest absolute Gasteiger partial charge is 0.381 e. The van der Waals surface area contributed by atoms with Crippen molar-refractivity contribution in [1.82, 2.24) is 0 Å². The number of hydrogen-bond donors (Lipinski definition) is 1. The standard InChI is InChI=1S/C12H27NO3S/c1-4-7-8-9-16-10-12(5-2,6-3)11-17(13,14)15/h4-11H2,1-3H3,(H2,13,14,15). The Hall–Kier alpha value is -0.130. The van der Waals surface area contributed by atoms with Crippen molar-refractivity contribution in [2.24, 2.45) is 10.6 Å². The van der Waals surface area contributed by atoms with Crippen molar-refractivity contribution in [2.75, 3.05) is 19.0 Å². The van der Waals surface area contributed by atoms with Gasteiger partial charge in [0.25, 0.3) is 0 Å². The Morgan fingerprint density at radius 3 is 2.12 bits per heavy atom. The van der Waals surface area contributed by atoms with Gasteiger partial charge in [0, 0.05) is 12.0 Å². The SMILES string of the molecule is CCCCCOCC(CC)(CC)CS(N)(=O)=O. The molecule has 0 bridgehead atoms. The van der Waals surface area contributed by atoms with Gasteiger partial charge in [-0.05, 0) is 19.3 Å². The molecule has 0 aromatic heterocycles. The summed E-state index contributed by atoms with van der Waals surface area (Å²) in [6, 6.07) is 0. The molecule has 0 saturated heterocycles. The number of unbranched alkanes of at least 4 members (excludes halogenated alkanes) is 2.